The van der Waals surface area contributed by atoms with Crippen molar-refractivity contribution in [3.05, 3.63) is 10.4 Å². The summed E-state index contributed by atoms with van der Waals surface area (Å²) >= 11 is 0. The van der Waals surface area contributed by atoms with Crippen molar-refractivity contribution in [2.75, 3.05) is 13.2 Å². The number of nitrogens with zero attached hydrogens (tertiary/aromatic N) is 3. The topological polar surface area (TPSA) is 106 Å². The molecule has 0 amide bonds. The normalized spacial score (nSPS) is 35.6. The van der Waals surface area contributed by atoms with Crippen molar-refractivity contribution < 1.29 is 23.7 Å². The maximum absolute atomic E-state index is 9.79. The molecule has 25 heavy (non-hydrogen) atoms. The van der Waals surface area contributed by atoms with E-state index in [1.54, 1.807) is 0 Å². The lowest BCUT2D eigenvalue weighted by Crippen LogP contribution is -2.50. The minimum Gasteiger partial charge on any atom is -0.411 e. The monoisotopic (exact) mass is 373 g/mol. The smallest absolute Gasteiger partial charge is 0.192 e. The van der Waals surface area contributed by atoms with E-state index < -0.39 is 38.5 Å². The molecule has 0 spiro atoms. The first-order valence-electron chi connectivity index (χ1n) is 8.72. The van der Waals surface area contributed by atoms with Crippen LogP contribution in [0.4, 0.5) is 0 Å². The van der Waals surface area contributed by atoms with E-state index >= 15 is 0 Å². The summed E-state index contributed by atoms with van der Waals surface area (Å²) < 4.78 is 24.0. The molecule has 2 heterocycles. The summed E-state index contributed by atoms with van der Waals surface area (Å²) in [6.07, 6.45) is -1.93. The maximum Gasteiger partial charge on any atom is 0.192 e. The van der Waals surface area contributed by atoms with Crippen LogP contribution in [0.3, 0.4) is 0 Å². The molecule has 0 bridgehead atoms. The molecule has 2 fully saturated rings. The van der Waals surface area contributed by atoms with Gasteiger partial charge in [-0.1, -0.05) is 25.9 Å². The highest BCUT2D eigenvalue weighted by molar-refractivity contribution is 6.74. The molecule has 0 aliphatic carbocycles. The average molecular weight is 374 g/mol. The largest absolute Gasteiger partial charge is 0.411 e. The number of azide groups is 1. The first kappa shape index (κ1) is 20.6. The van der Waals surface area contributed by atoms with Crippen molar-refractivity contribution in [2.24, 2.45) is 5.11 Å². The number of hydrogen-bond acceptors (Lipinski definition) is 6. The van der Waals surface area contributed by atoms with Crippen LogP contribution in [-0.2, 0) is 18.6 Å². The molecule has 1 N–H and O–H groups in total. The van der Waals surface area contributed by atoms with Crippen LogP contribution in [0.1, 0.15) is 34.6 Å². The third kappa shape index (κ3) is 4.36. The molecule has 2 rings (SSSR count). The van der Waals surface area contributed by atoms with Gasteiger partial charge in [0.15, 0.2) is 14.1 Å². The van der Waals surface area contributed by atoms with Crippen molar-refractivity contribution >= 4 is 8.32 Å². The quantitative estimate of drug-likeness (QED) is 0.345. The summed E-state index contributed by atoms with van der Waals surface area (Å²) in [5.74, 6) is -0.706. The Morgan fingerprint density at radius 2 is 2.00 bits per heavy atom. The van der Waals surface area contributed by atoms with Gasteiger partial charge in [0, 0.05) is 4.91 Å². The van der Waals surface area contributed by atoms with Gasteiger partial charge in [-0.05, 0) is 37.5 Å². The lowest BCUT2D eigenvalue weighted by atomic mass is 10.0. The van der Waals surface area contributed by atoms with Crippen molar-refractivity contribution in [2.45, 2.75) is 89.0 Å². The van der Waals surface area contributed by atoms with E-state index in [-0.39, 0.29) is 17.7 Å². The van der Waals surface area contributed by atoms with Crippen LogP contribution >= 0.6 is 0 Å². The minimum absolute atomic E-state index is 0.0129. The summed E-state index contributed by atoms with van der Waals surface area (Å²) in [6.45, 7) is 14.5. The van der Waals surface area contributed by atoms with Gasteiger partial charge >= 0.3 is 0 Å². The summed E-state index contributed by atoms with van der Waals surface area (Å²) in [5, 5.41) is 13.7. The Hall–Kier alpha value is -0.673. The first-order chi connectivity index (χ1) is 11.4. The lowest BCUT2D eigenvalue weighted by molar-refractivity contribution is -0.157. The molecule has 0 aromatic heterocycles. The van der Waals surface area contributed by atoms with Crippen LogP contribution in [0.15, 0.2) is 5.11 Å². The summed E-state index contributed by atoms with van der Waals surface area (Å²) in [4.78, 5) is 2.99. The maximum atomic E-state index is 9.79. The van der Waals surface area contributed by atoms with Crippen LogP contribution in [0.5, 0.6) is 0 Å². The van der Waals surface area contributed by atoms with Gasteiger partial charge in [-0.2, -0.15) is 0 Å². The fraction of sp³-hybridized carbons (Fsp3) is 1.00. The highest BCUT2D eigenvalue weighted by atomic mass is 28.4. The summed E-state index contributed by atoms with van der Waals surface area (Å²) in [7, 11) is -2.14. The Bertz CT molecular complexity index is 530. The molecule has 2 aliphatic rings. The van der Waals surface area contributed by atoms with Crippen molar-refractivity contribution in [1.29, 1.82) is 0 Å². The zero-order valence-corrected chi connectivity index (χ0v) is 17.2. The van der Waals surface area contributed by atoms with E-state index in [0.717, 1.165) is 0 Å². The predicted molar refractivity (Wildman–Crippen MR) is 95.7 cm³/mol. The third-order valence-electron chi connectivity index (χ3n) is 5.37. The fourth-order valence-electron chi connectivity index (χ4n) is 2.95. The van der Waals surface area contributed by atoms with Gasteiger partial charge in [0.2, 0.25) is 0 Å². The fourth-order valence-corrected chi connectivity index (χ4v) is 4.28. The van der Waals surface area contributed by atoms with E-state index in [1.165, 1.54) is 0 Å². The van der Waals surface area contributed by atoms with Gasteiger partial charge in [0.1, 0.15) is 12.2 Å². The van der Waals surface area contributed by atoms with Gasteiger partial charge in [-0.3, -0.25) is 0 Å². The third-order valence-corrected chi connectivity index (χ3v) is 9.84. The number of aliphatic hydroxyl groups is 1. The Morgan fingerprint density at radius 3 is 2.44 bits per heavy atom. The molecule has 2 saturated heterocycles. The molecule has 9 heteroatoms. The average Bonchev–Trinajstić information content (AvgIpc) is 2.99. The molecule has 5 atom stereocenters. The van der Waals surface area contributed by atoms with E-state index in [4.69, 9.17) is 24.2 Å². The van der Waals surface area contributed by atoms with Crippen LogP contribution < -0.4 is 0 Å². The standard InChI is InChI=1S/C16H31N3O5Si/c1-15(2,3)25(6,7)24-14-10(8-20)22-13(12(14)18-19-17)11-9-21-16(4,5)23-11/h10-14,20H,8-9H2,1-7H3/t10-,11+,12+,13+,14-/m0/s1. The van der Waals surface area contributed by atoms with E-state index in [2.05, 4.69) is 43.9 Å². The highest BCUT2D eigenvalue weighted by Crippen LogP contribution is 2.41. The second-order valence-electron chi connectivity index (χ2n) is 8.73. The Balaban J connectivity index is 2.26. The Kier molecular flexibility index (Phi) is 5.90. The second-order valence-corrected chi connectivity index (χ2v) is 13.5. The summed E-state index contributed by atoms with van der Waals surface area (Å²) in [5.41, 5.74) is 9.05. The van der Waals surface area contributed by atoms with Gasteiger partial charge in [0.25, 0.3) is 0 Å². The number of aliphatic hydroxyl groups excluding tert-OH is 1. The zero-order chi connectivity index (χ0) is 19.0. The molecular formula is C16H31N3O5Si. The van der Waals surface area contributed by atoms with Crippen LogP contribution in [0.2, 0.25) is 18.1 Å². The molecule has 2 aliphatic heterocycles. The molecule has 8 nitrogen and oxygen atoms in total. The molecular weight excluding hydrogens is 342 g/mol. The SMILES string of the molecule is CC1(C)OC[C@H]([C@H]2O[C@@H](CO)[C@H](O[Si](C)(C)C(C)(C)C)[C@@H]2N=[N+]=[N-])O1. The van der Waals surface area contributed by atoms with E-state index in [1.807, 2.05) is 13.8 Å². The lowest BCUT2D eigenvalue weighted by Gasteiger charge is -2.40. The molecule has 0 radical (unpaired) electrons. The molecule has 0 aromatic carbocycles. The second kappa shape index (κ2) is 7.15. The van der Waals surface area contributed by atoms with Gasteiger partial charge in [-0.25, -0.2) is 0 Å². The van der Waals surface area contributed by atoms with Gasteiger partial charge < -0.3 is 23.7 Å². The van der Waals surface area contributed by atoms with Crippen molar-refractivity contribution in [1.82, 2.24) is 0 Å². The number of ether oxygens (including phenoxy) is 3. The van der Waals surface area contributed by atoms with Gasteiger partial charge in [-0.15, -0.1) is 0 Å². The van der Waals surface area contributed by atoms with E-state index in [9.17, 15) is 5.11 Å². The molecule has 0 aromatic rings. The molecule has 0 saturated carbocycles. The van der Waals surface area contributed by atoms with Crippen molar-refractivity contribution in [3.8, 4) is 0 Å². The Labute approximate surface area is 150 Å². The van der Waals surface area contributed by atoms with Gasteiger partial charge in [0.05, 0.1) is 31.5 Å². The number of rotatable bonds is 5. The molecule has 144 valence electrons. The van der Waals surface area contributed by atoms with Crippen LogP contribution in [0, 0.1) is 0 Å². The van der Waals surface area contributed by atoms with Crippen LogP contribution in [-0.4, -0.2) is 62.9 Å². The predicted octanol–water partition coefficient (Wildman–Crippen LogP) is 2.97. The number of hydrogen-bond donors (Lipinski definition) is 1. The van der Waals surface area contributed by atoms with E-state index in [0.29, 0.717) is 6.61 Å². The molecule has 0 unspecified atom stereocenters. The first-order valence-corrected chi connectivity index (χ1v) is 11.6. The Morgan fingerprint density at radius 1 is 1.36 bits per heavy atom. The zero-order valence-electron chi connectivity index (χ0n) is 16.2. The van der Waals surface area contributed by atoms with Crippen molar-refractivity contribution in [3.63, 3.8) is 0 Å². The summed E-state index contributed by atoms with van der Waals surface area (Å²) in [6, 6.07) is -0.571. The highest BCUT2D eigenvalue weighted by Gasteiger charge is 2.53. The minimum atomic E-state index is -2.14. The van der Waals surface area contributed by atoms with Crippen LogP contribution in [0.25, 0.3) is 10.4 Å².